The minimum Gasteiger partial charge on any atom is -0.394 e. The first-order valence-electron chi connectivity index (χ1n) is 6.25. The molecule has 0 aliphatic rings. The number of nitrogens with two attached hydrogens (primary N) is 1. The van der Waals surface area contributed by atoms with Crippen LogP contribution in [0.2, 0.25) is 5.02 Å². The number of aromatic nitrogens is 2. The van der Waals surface area contributed by atoms with Crippen LogP contribution in [0.4, 0.5) is 17.2 Å². The molecule has 0 amide bonds. The third-order valence-electron chi connectivity index (χ3n) is 3.11. The molecule has 2 rings (SSSR count). The standard InChI is InChI=1S/C14H19ClN4/c1-8(2)13-12(16)14(19(4)18-13)17-11-7-10(15)6-5-9(11)3/h5-8,17H,16H2,1-4H3. The number of nitrogen functional groups attached to an aromatic ring is 1. The SMILES string of the molecule is Cc1ccc(Cl)cc1Nc1c(N)c(C(C)C)nn1C. The van der Waals surface area contributed by atoms with Crippen LogP contribution in [-0.2, 0) is 7.05 Å². The lowest BCUT2D eigenvalue weighted by atomic mass is 10.1. The Morgan fingerprint density at radius 1 is 1.37 bits per heavy atom. The van der Waals surface area contributed by atoms with E-state index in [0.29, 0.717) is 16.6 Å². The van der Waals surface area contributed by atoms with E-state index in [-0.39, 0.29) is 0 Å². The quantitative estimate of drug-likeness (QED) is 0.897. The lowest BCUT2D eigenvalue weighted by molar-refractivity contribution is 0.718. The Kier molecular flexibility index (Phi) is 3.71. The van der Waals surface area contributed by atoms with Crippen LogP contribution in [0.25, 0.3) is 0 Å². The van der Waals surface area contributed by atoms with E-state index >= 15 is 0 Å². The number of nitrogens with one attached hydrogen (secondary N) is 1. The van der Waals surface area contributed by atoms with Gasteiger partial charge in [-0.3, -0.25) is 4.68 Å². The van der Waals surface area contributed by atoms with E-state index in [1.165, 1.54) is 0 Å². The highest BCUT2D eigenvalue weighted by atomic mass is 35.5. The monoisotopic (exact) mass is 278 g/mol. The summed E-state index contributed by atoms with van der Waals surface area (Å²) in [5.74, 6) is 1.09. The molecule has 102 valence electrons. The van der Waals surface area contributed by atoms with E-state index in [0.717, 1.165) is 22.8 Å². The Balaban J connectivity index is 2.41. The van der Waals surface area contributed by atoms with Gasteiger partial charge in [-0.05, 0) is 30.5 Å². The van der Waals surface area contributed by atoms with Gasteiger partial charge in [0.05, 0.1) is 11.4 Å². The summed E-state index contributed by atoms with van der Waals surface area (Å²) in [6.45, 7) is 6.18. The molecule has 0 fully saturated rings. The Morgan fingerprint density at radius 2 is 2.05 bits per heavy atom. The van der Waals surface area contributed by atoms with Crippen molar-refractivity contribution >= 4 is 28.8 Å². The number of hydrogen-bond acceptors (Lipinski definition) is 3. The third kappa shape index (κ3) is 2.68. The number of nitrogens with zero attached hydrogens (tertiary/aromatic N) is 2. The van der Waals surface area contributed by atoms with Gasteiger partial charge in [-0.2, -0.15) is 5.10 Å². The molecule has 5 heteroatoms. The normalized spacial score (nSPS) is 11.1. The van der Waals surface area contributed by atoms with E-state index in [9.17, 15) is 0 Å². The summed E-state index contributed by atoms with van der Waals surface area (Å²) in [6, 6.07) is 5.73. The maximum atomic E-state index is 6.16. The van der Waals surface area contributed by atoms with Gasteiger partial charge in [0.25, 0.3) is 0 Å². The topological polar surface area (TPSA) is 55.9 Å². The minimum atomic E-state index is 0.294. The Morgan fingerprint density at radius 3 is 2.63 bits per heavy atom. The lowest BCUT2D eigenvalue weighted by Gasteiger charge is -2.11. The van der Waals surface area contributed by atoms with Gasteiger partial charge >= 0.3 is 0 Å². The first kappa shape index (κ1) is 13.7. The molecule has 2 aromatic rings. The largest absolute Gasteiger partial charge is 0.394 e. The third-order valence-corrected chi connectivity index (χ3v) is 3.35. The van der Waals surface area contributed by atoms with Crippen LogP contribution in [0.5, 0.6) is 0 Å². The molecule has 0 saturated carbocycles. The van der Waals surface area contributed by atoms with Gasteiger partial charge < -0.3 is 11.1 Å². The van der Waals surface area contributed by atoms with Crippen LogP contribution in [0.15, 0.2) is 18.2 Å². The summed E-state index contributed by atoms with van der Waals surface area (Å²) in [6.07, 6.45) is 0. The Hall–Kier alpha value is -1.68. The van der Waals surface area contributed by atoms with Crippen molar-refractivity contribution in [3.8, 4) is 0 Å². The molecule has 3 N–H and O–H groups in total. The van der Waals surface area contributed by atoms with Crippen molar-refractivity contribution in [1.29, 1.82) is 0 Å². The Bertz CT molecular complexity index is 602. The number of benzene rings is 1. The van der Waals surface area contributed by atoms with Crippen LogP contribution in [0.3, 0.4) is 0 Å². The van der Waals surface area contributed by atoms with E-state index in [1.807, 2.05) is 32.2 Å². The molecule has 0 atom stereocenters. The average molecular weight is 279 g/mol. The van der Waals surface area contributed by atoms with Gasteiger partial charge in [-0.1, -0.05) is 31.5 Å². The van der Waals surface area contributed by atoms with Crippen molar-refractivity contribution in [2.75, 3.05) is 11.1 Å². The summed E-state index contributed by atoms with van der Waals surface area (Å²) in [4.78, 5) is 0. The second-order valence-electron chi connectivity index (χ2n) is 5.01. The molecule has 0 unspecified atom stereocenters. The molecule has 0 radical (unpaired) electrons. The molecule has 1 heterocycles. The maximum absolute atomic E-state index is 6.16. The average Bonchev–Trinajstić information content (AvgIpc) is 2.62. The molecule has 0 spiro atoms. The summed E-state index contributed by atoms with van der Waals surface area (Å²) in [5, 5.41) is 8.46. The van der Waals surface area contributed by atoms with Crippen LogP contribution >= 0.6 is 11.6 Å². The van der Waals surface area contributed by atoms with Crippen LogP contribution in [0.1, 0.15) is 31.0 Å². The molecular formula is C14H19ClN4. The summed E-state index contributed by atoms with van der Waals surface area (Å²) >= 11 is 6.02. The molecule has 19 heavy (non-hydrogen) atoms. The molecule has 4 nitrogen and oxygen atoms in total. The van der Waals surface area contributed by atoms with Crippen molar-refractivity contribution in [3.63, 3.8) is 0 Å². The number of hydrogen-bond donors (Lipinski definition) is 2. The number of rotatable bonds is 3. The van der Waals surface area contributed by atoms with Gasteiger partial charge in [0.15, 0.2) is 5.82 Å². The van der Waals surface area contributed by atoms with Crippen molar-refractivity contribution in [1.82, 2.24) is 9.78 Å². The highest BCUT2D eigenvalue weighted by Gasteiger charge is 2.16. The summed E-state index contributed by atoms with van der Waals surface area (Å²) < 4.78 is 1.77. The van der Waals surface area contributed by atoms with Crippen molar-refractivity contribution < 1.29 is 0 Å². The second kappa shape index (κ2) is 5.13. The zero-order valence-electron chi connectivity index (χ0n) is 11.7. The fourth-order valence-corrected chi connectivity index (χ4v) is 2.16. The predicted molar refractivity (Wildman–Crippen MR) is 81.2 cm³/mol. The molecule has 0 aliphatic carbocycles. The fourth-order valence-electron chi connectivity index (χ4n) is 1.99. The van der Waals surface area contributed by atoms with Crippen molar-refractivity contribution in [2.45, 2.75) is 26.7 Å². The van der Waals surface area contributed by atoms with E-state index < -0.39 is 0 Å². The van der Waals surface area contributed by atoms with Crippen molar-refractivity contribution in [2.24, 2.45) is 7.05 Å². The Labute approximate surface area is 118 Å². The van der Waals surface area contributed by atoms with E-state index in [2.05, 4.69) is 24.3 Å². The first-order valence-corrected chi connectivity index (χ1v) is 6.63. The van der Waals surface area contributed by atoms with Gasteiger partial charge in [0.2, 0.25) is 0 Å². The number of halogens is 1. The second-order valence-corrected chi connectivity index (χ2v) is 5.45. The number of aryl methyl sites for hydroxylation is 2. The zero-order chi connectivity index (χ0) is 14.2. The maximum Gasteiger partial charge on any atom is 0.152 e. The predicted octanol–water partition coefficient (Wildman–Crippen LogP) is 3.83. The number of anilines is 3. The van der Waals surface area contributed by atoms with Gasteiger partial charge in [0.1, 0.15) is 0 Å². The van der Waals surface area contributed by atoms with Gasteiger partial charge in [-0.15, -0.1) is 0 Å². The van der Waals surface area contributed by atoms with Gasteiger partial charge in [-0.25, -0.2) is 0 Å². The summed E-state index contributed by atoms with van der Waals surface area (Å²) in [5.41, 5.74) is 9.81. The minimum absolute atomic E-state index is 0.294. The van der Waals surface area contributed by atoms with Crippen LogP contribution < -0.4 is 11.1 Å². The fraction of sp³-hybridized carbons (Fsp3) is 0.357. The van der Waals surface area contributed by atoms with Crippen LogP contribution in [-0.4, -0.2) is 9.78 Å². The highest BCUT2D eigenvalue weighted by molar-refractivity contribution is 6.30. The molecule has 0 bridgehead atoms. The van der Waals surface area contributed by atoms with Crippen LogP contribution in [0, 0.1) is 6.92 Å². The highest BCUT2D eigenvalue weighted by Crippen LogP contribution is 2.31. The summed E-state index contributed by atoms with van der Waals surface area (Å²) in [7, 11) is 1.88. The molecule has 0 saturated heterocycles. The van der Waals surface area contributed by atoms with E-state index in [4.69, 9.17) is 17.3 Å². The molecular weight excluding hydrogens is 260 g/mol. The van der Waals surface area contributed by atoms with E-state index in [1.54, 1.807) is 4.68 Å². The molecule has 1 aromatic carbocycles. The molecule has 0 aliphatic heterocycles. The first-order chi connectivity index (χ1) is 8.90. The lowest BCUT2D eigenvalue weighted by Crippen LogP contribution is -2.02. The zero-order valence-corrected chi connectivity index (χ0v) is 12.4. The van der Waals surface area contributed by atoms with Crippen molar-refractivity contribution in [3.05, 3.63) is 34.5 Å². The van der Waals surface area contributed by atoms with Gasteiger partial charge in [0, 0.05) is 17.8 Å². The molecule has 1 aromatic heterocycles. The smallest absolute Gasteiger partial charge is 0.152 e.